The van der Waals surface area contributed by atoms with Crippen molar-refractivity contribution in [2.45, 2.75) is 32.7 Å². The first-order valence-corrected chi connectivity index (χ1v) is 8.95. The van der Waals surface area contributed by atoms with E-state index in [1.807, 2.05) is 19.0 Å². The van der Waals surface area contributed by atoms with Crippen LogP contribution in [0.1, 0.15) is 26.3 Å². The van der Waals surface area contributed by atoms with Gasteiger partial charge < -0.3 is 19.3 Å². The van der Waals surface area contributed by atoms with E-state index in [4.69, 9.17) is 4.74 Å². The average Bonchev–Trinajstić information content (AvgIpc) is 2.54. The fourth-order valence-corrected chi connectivity index (χ4v) is 2.22. The second-order valence-electron chi connectivity index (χ2n) is 7.57. The molecule has 29 heavy (non-hydrogen) atoms. The summed E-state index contributed by atoms with van der Waals surface area (Å²) in [6, 6.07) is 5.47. The van der Waals surface area contributed by atoms with Crippen LogP contribution in [0, 0.1) is 0 Å². The Morgan fingerprint density at radius 1 is 1.07 bits per heavy atom. The van der Waals surface area contributed by atoms with E-state index >= 15 is 0 Å². The number of ether oxygens (including phenoxy) is 2. The van der Waals surface area contributed by atoms with Gasteiger partial charge >= 0.3 is 12.3 Å². The number of carbonyl (C=O) groups is 2. The maximum absolute atomic E-state index is 12.6. The maximum atomic E-state index is 12.6. The van der Waals surface area contributed by atoms with Gasteiger partial charge in [-0.1, -0.05) is 18.2 Å². The van der Waals surface area contributed by atoms with Gasteiger partial charge in [-0.05, 0) is 47.0 Å². The number of halogens is 3. The van der Waals surface area contributed by atoms with Crippen molar-refractivity contribution in [3.8, 4) is 5.75 Å². The standard InChI is InChI=1S/C20H27F3N2O4/c1-19(2,3)29-18(27)14-25(13-12-24(4)5)17(26)11-10-15-8-6-7-9-16(15)28-20(21,22)23/h6-11H,12-14H2,1-5H3/b11-10+. The van der Waals surface area contributed by atoms with Crippen LogP contribution in [0.15, 0.2) is 30.3 Å². The molecule has 0 N–H and O–H groups in total. The van der Waals surface area contributed by atoms with Gasteiger partial charge in [0.2, 0.25) is 5.91 Å². The van der Waals surface area contributed by atoms with E-state index in [2.05, 4.69) is 4.74 Å². The Bertz CT molecular complexity index is 725. The van der Waals surface area contributed by atoms with E-state index in [1.54, 1.807) is 20.8 Å². The van der Waals surface area contributed by atoms with Gasteiger partial charge in [-0.3, -0.25) is 9.59 Å². The zero-order valence-corrected chi connectivity index (χ0v) is 17.2. The molecule has 0 aliphatic carbocycles. The van der Waals surface area contributed by atoms with Gasteiger partial charge in [0.1, 0.15) is 17.9 Å². The van der Waals surface area contributed by atoms with Crippen molar-refractivity contribution in [3.05, 3.63) is 35.9 Å². The summed E-state index contributed by atoms with van der Waals surface area (Å²) in [6.07, 6.45) is -2.51. The number of nitrogens with zero attached hydrogens (tertiary/aromatic N) is 2. The molecule has 0 saturated carbocycles. The molecule has 9 heteroatoms. The number of esters is 1. The van der Waals surface area contributed by atoms with E-state index in [0.717, 1.165) is 12.1 Å². The van der Waals surface area contributed by atoms with Crippen LogP contribution in [-0.4, -0.2) is 67.4 Å². The summed E-state index contributed by atoms with van der Waals surface area (Å²) in [5.41, 5.74) is -0.611. The lowest BCUT2D eigenvalue weighted by Gasteiger charge is -2.25. The van der Waals surface area contributed by atoms with Crippen molar-refractivity contribution in [2.75, 3.05) is 33.7 Å². The Hall–Kier alpha value is -2.55. The minimum atomic E-state index is -4.84. The number of carbonyl (C=O) groups excluding carboxylic acids is 2. The molecule has 0 aromatic heterocycles. The third-order valence-electron chi connectivity index (χ3n) is 3.42. The quantitative estimate of drug-likeness (QED) is 0.481. The first-order valence-electron chi connectivity index (χ1n) is 8.95. The molecule has 0 unspecified atom stereocenters. The second-order valence-corrected chi connectivity index (χ2v) is 7.57. The van der Waals surface area contributed by atoms with Crippen LogP contribution >= 0.6 is 0 Å². The van der Waals surface area contributed by atoms with E-state index in [0.29, 0.717) is 6.54 Å². The molecule has 6 nitrogen and oxygen atoms in total. The van der Waals surface area contributed by atoms with Crippen LogP contribution in [0.2, 0.25) is 0 Å². The zero-order valence-electron chi connectivity index (χ0n) is 17.2. The molecule has 0 aliphatic heterocycles. The van der Waals surface area contributed by atoms with Gasteiger partial charge in [-0.15, -0.1) is 13.2 Å². The fraction of sp³-hybridized carbons (Fsp3) is 0.500. The summed E-state index contributed by atoms with van der Waals surface area (Å²) in [5, 5.41) is 0. The fourth-order valence-electron chi connectivity index (χ4n) is 2.22. The van der Waals surface area contributed by atoms with Crippen LogP contribution in [-0.2, 0) is 14.3 Å². The number of likely N-dealkylation sites (N-methyl/N-ethyl adjacent to an activating group) is 1. The zero-order chi connectivity index (χ0) is 22.2. The first-order chi connectivity index (χ1) is 13.3. The number of para-hydroxylation sites is 1. The lowest BCUT2D eigenvalue weighted by Crippen LogP contribution is -2.41. The molecule has 0 spiro atoms. The number of rotatable bonds is 8. The van der Waals surface area contributed by atoms with Crippen molar-refractivity contribution in [1.29, 1.82) is 0 Å². The van der Waals surface area contributed by atoms with Crippen LogP contribution in [0.25, 0.3) is 6.08 Å². The van der Waals surface area contributed by atoms with Crippen LogP contribution in [0.4, 0.5) is 13.2 Å². The molecule has 0 saturated heterocycles. The minimum Gasteiger partial charge on any atom is -0.459 e. The Morgan fingerprint density at radius 2 is 1.69 bits per heavy atom. The van der Waals surface area contributed by atoms with Crippen molar-refractivity contribution >= 4 is 18.0 Å². The summed E-state index contributed by atoms with van der Waals surface area (Å²) >= 11 is 0. The van der Waals surface area contributed by atoms with Gasteiger partial charge in [0.25, 0.3) is 0 Å². The molecule has 0 fully saturated rings. The Balaban J connectivity index is 2.95. The van der Waals surface area contributed by atoms with Crippen molar-refractivity contribution in [2.24, 2.45) is 0 Å². The third-order valence-corrected chi connectivity index (χ3v) is 3.42. The van der Waals surface area contributed by atoms with E-state index in [1.165, 1.54) is 29.2 Å². The molecule has 1 rings (SSSR count). The third kappa shape index (κ3) is 10.5. The molecule has 0 atom stereocenters. The Labute approximate surface area is 168 Å². The molecule has 162 valence electrons. The normalized spacial score (nSPS) is 12.3. The highest BCUT2D eigenvalue weighted by Gasteiger charge is 2.31. The highest BCUT2D eigenvalue weighted by Crippen LogP contribution is 2.27. The van der Waals surface area contributed by atoms with Crippen LogP contribution in [0.3, 0.4) is 0 Å². The predicted molar refractivity (Wildman–Crippen MR) is 103 cm³/mol. The summed E-state index contributed by atoms with van der Waals surface area (Å²) in [4.78, 5) is 27.8. The molecule has 1 aromatic rings. The molecule has 1 aromatic carbocycles. The monoisotopic (exact) mass is 416 g/mol. The highest BCUT2D eigenvalue weighted by molar-refractivity contribution is 5.94. The summed E-state index contributed by atoms with van der Waals surface area (Å²) in [5.74, 6) is -1.52. The van der Waals surface area contributed by atoms with E-state index in [9.17, 15) is 22.8 Å². The van der Waals surface area contributed by atoms with E-state index in [-0.39, 0.29) is 18.7 Å². The van der Waals surface area contributed by atoms with Gasteiger partial charge in [-0.25, -0.2) is 0 Å². The van der Waals surface area contributed by atoms with Crippen molar-refractivity contribution < 1.29 is 32.2 Å². The SMILES string of the molecule is CN(C)CCN(CC(=O)OC(C)(C)C)C(=O)/C=C/c1ccccc1OC(F)(F)F. The molecule has 0 aliphatic rings. The molecule has 1 amide bonds. The number of hydrogen-bond donors (Lipinski definition) is 0. The van der Waals surface area contributed by atoms with Gasteiger partial charge in [0.05, 0.1) is 0 Å². The second kappa shape index (κ2) is 10.3. The smallest absolute Gasteiger partial charge is 0.459 e. The molecule has 0 radical (unpaired) electrons. The Kier molecular flexibility index (Phi) is 8.69. The van der Waals surface area contributed by atoms with Gasteiger partial charge in [0, 0.05) is 24.7 Å². The molecule has 0 bridgehead atoms. The van der Waals surface area contributed by atoms with Gasteiger partial charge in [-0.2, -0.15) is 0 Å². The summed E-state index contributed by atoms with van der Waals surface area (Å²) in [6.45, 7) is 5.62. The molecular formula is C20H27F3N2O4. The lowest BCUT2D eigenvalue weighted by atomic mass is 10.2. The molecular weight excluding hydrogens is 389 g/mol. The maximum Gasteiger partial charge on any atom is 0.573 e. The number of benzene rings is 1. The van der Waals surface area contributed by atoms with Crippen molar-refractivity contribution in [3.63, 3.8) is 0 Å². The number of amides is 1. The van der Waals surface area contributed by atoms with Crippen LogP contribution in [0.5, 0.6) is 5.75 Å². The highest BCUT2D eigenvalue weighted by atomic mass is 19.4. The van der Waals surface area contributed by atoms with Gasteiger partial charge in [0.15, 0.2) is 0 Å². The Morgan fingerprint density at radius 3 is 2.24 bits per heavy atom. The summed E-state index contributed by atoms with van der Waals surface area (Å²) < 4.78 is 46.8. The average molecular weight is 416 g/mol. The van der Waals surface area contributed by atoms with E-state index < -0.39 is 29.6 Å². The number of hydrogen-bond acceptors (Lipinski definition) is 5. The van der Waals surface area contributed by atoms with Crippen molar-refractivity contribution in [1.82, 2.24) is 9.80 Å². The van der Waals surface area contributed by atoms with Crippen LogP contribution < -0.4 is 4.74 Å². The topological polar surface area (TPSA) is 59.1 Å². The number of alkyl halides is 3. The summed E-state index contributed by atoms with van der Waals surface area (Å²) in [7, 11) is 3.63. The largest absolute Gasteiger partial charge is 0.573 e. The minimum absolute atomic E-state index is 0.0861. The lowest BCUT2D eigenvalue weighted by molar-refractivity contribution is -0.274. The predicted octanol–water partition coefficient (Wildman–Crippen LogP) is 3.33. The molecule has 0 heterocycles. The first kappa shape index (κ1) is 24.5.